The zero-order chi connectivity index (χ0) is 16.4. The van der Waals surface area contributed by atoms with E-state index in [1.165, 1.54) is 12.8 Å². The van der Waals surface area contributed by atoms with Gasteiger partial charge in [-0.2, -0.15) is 0 Å². The van der Waals surface area contributed by atoms with E-state index < -0.39 is 0 Å². The molecule has 0 unspecified atom stereocenters. The van der Waals surface area contributed by atoms with Crippen LogP contribution in [0.5, 0.6) is 0 Å². The quantitative estimate of drug-likeness (QED) is 0.830. The number of rotatable bonds is 4. The van der Waals surface area contributed by atoms with Crippen LogP contribution in [0.4, 0.5) is 0 Å². The third-order valence-corrected chi connectivity index (χ3v) is 5.40. The molecule has 2 amide bonds. The molecule has 0 radical (unpaired) electrons. The van der Waals surface area contributed by atoms with Crippen LogP contribution in [0, 0.1) is 0 Å². The molecule has 0 aromatic heterocycles. The number of nitrogens with zero attached hydrogens (tertiary/aromatic N) is 2. The van der Waals surface area contributed by atoms with Crippen molar-refractivity contribution in [2.45, 2.75) is 63.1 Å². The molecule has 1 spiro atoms. The van der Waals surface area contributed by atoms with Crippen LogP contribution in [0.2, 0.25) is 0 Å². The van der Waals surface area contributed by atoms with E-state index in [0.29, 0.717) is 38.7 Å². The Morgan fingerprint density at radius 2 is 1.91 bits per heavy atom. The molecule has 130 valence electrons. The SMILES string of the molecule is CCCC(=O)N1CC2(C1)CN(C)[C@H](C(=O)NC1CCCC1)CO2. The van der Waals surface area contributed by atoms with Crippen LogP contribution < -0.4 is 5.32 Å². The summed E-state index contributed by atoms with van der Waals surface area (Å²) in [6, 6.07) is 0.138. The summed E-state index contributed by atoms with van der Waals surface area (Å²) in [4.78, 5) is 28.3. The maximum absolute atomic E-state index is 12.4. The van der Waals surface area contributed by atoms with Crippen LogP contribution in [0.15, 0.2) is 0 Å². The monoisotopic (exact) mass is 323 g/mol. The Bertz CT molecular complexity index is 456. The lowest BCUT2D eigenvalue weighted by Gasteiger charge is -2.54. The van der Waals surface area contributed by atoms with E-state index in [4.69, 9.17) is 4.74 Å². The average Bonchev–Trinajstić information content (AvgIpc) is 2.97. The lowest BCUT2D eigenvalue weighted by Crippen LogP contribution is -2.73. The average molecular weight is 323 g/mol. The molecule has 2 saturated heterocycles. The fourth-order valence-corrected chi connectivity index (χ4v) is 4.03. The second-order valence-corrected chi connectivity index (χ2v) is 7.41. The third kappa shape index (κ3) is 3.53. The first kappa shape index (κ1) is 16.7. The molecule has 2 heterocycles. The minimum Gasteiger partial charge on any atom is -0.368 e. The summed E-state index contributed by atoms with van der Waals surface area (Å²) < 4.78 is 6.03. The molecule has 1 atom stereocenters. The summed E-state index contributed by atoms with van der Waals surface area (Å²) in [7, 11) is 1.99. The molecule has 0 bridgehead atoms. The van der Waals surface area contributed by atoms with Gasteiger partial charge in [0.25, 0.3) is 0 Å². The van der Waals surface area contributed by atoms with Gasteiger partial charge in [-0.3, -0.25) is 14.5 Å². The van der Waals surface area contributed by atoms with Gasteiger partial charge in [0, 0.05) is 19.0 Å². The molecule has 3 fully saturated rings. The molecular weight excluding hydrogens is 294 g/mol. The van der Waals surface area contributed by atoms with Crippen LogP contribution >= 0.6 is 0 Å². The van der Waals surface area contributed by atoms with Crippen LogP contribution in [0.25, 0.3) is 0 Å². The number of hydrogen-bond donors (Lipinski definition) is 1. The second kappa shape index (κ2) is 6.77. The first-order valence-electron chi connectivity index (χ1n) is 8.95. The van der Waals surface area contributed by atoms with Crippen LogP contribution in [-0.2, 0) is 14.3 Å². The molecule has 1 aliphatic carbocycles. The van der Waals surface area contributed by atoms with Crippen molar-refractivity contribution < 1.29 is 14.3 Å². The molecule has 0 aromatic carbocycles. The molecule has 1 saturated carbocycles. The van der Waals surface area contributed by atoms with E-state index in [-0.39, 0.29) is 23.5 Å². The van der Waals surface area contributed by atoms with E-state index in [2.05, 4.69) is 10.2 Å². The highest BCUT2D eigenvalue weighted by Gasteiger charge is 2.51. The molecular formula is C17H29N3O3. The Hall–Kier alpha value is -1.14. The Morgan fingerprint density at radius 3 is 2.52 bits per heavy atom. The number of hydrogen-bond acceptors (Lipinski definition) is 4. The van der Waals surface area contributed by atoms with Crippen molar-refractivity contribution in [1.82, 2.24) is 15.1 Å². The van der Waals surface area contributed by atoms with Gasteiger partial charge in [-0.15, -0.1) is 0 Å². The molecule has 2 aliphatic heterocycles. The van der Waals surface area contributed by atoms with E-state index >= 15 is 0 Å². The third-order valence-electron chi connectivity index (χ3n) is 5.40. The van der Waals surface area contributed by atoms with Gasteiger partial charge in [0.05, 0.1) is 19.7 Å². The predicted octanol–water partition coefficient (Wildman–Crippen LogP) is 0.757. The van der Waals surface area contributed by atoms with Crippen LogP contribution in [0.1, 0.15) is 45.4 Å². The van der Waals surface area contributed by atoms with Crippen molar-refractivity contribution in [1.29, 1.82) is 0 Å². The van der Waals surface area contributed by atoms with E-state index in [1.807, 2.05) is 18.9 Å². The number of likely N-dealkylation sites (N-methyl/N-ethyl adjacent to an activating group) is 1. The highest BCUT2D eigenvalue weighted by Crippen LogP contribution is 2.31. The normalized spacial score (nSPS) is 27.9. The smallest absolute Gasteiger partial charge is 0.239 e. The zero-order valence-corrected chi connectivity index (χ0v) is 14.3. The van der Waals surface area contributed by atoms with Gasteiger partial charge in [0.1, 0.15) is 11.6 Å². The van der Waals surface area contributed by atoms with Crippen LogP contribution in [-0.4, -0.2) is 72.6 Å². The van der Waals surface area contributed by atoms with E-state index in [1.54, 1.807) is 0 Å². The van der Waals surface area contributed by atoms with Gasteiger partial charge in [-0.05, 0) is 26.3 Å². The maximum Gasteiger partial charge on any atom is 0.239 e. The van der Waals surface area contributed by atoms with Crippen molar-refractivity contribution in [3.63, 3.8) is 0 Å². The summed E-state index contributed by atoms with van der Waals surface area (Å²) in [6.07, 6.45) is 6.12. The number of carbonyl (C=O) groups is 2. The number of amides is 2. The van der Waals surface area contributed by atoms with E-state index in [0.717, 1.165) is 19.3 Å². The molecule has 3 rings (SSSR count). The lowest BCUT2D eigenvalue weighted by molar-refractivity contribution is -0.201. The largest absolute Gasteiger partial charge is 0.368 e. The summed E-state index contributed by atoms with van der Waals surface area (Å²) >= 11 is 0. The highest BCUT2D eigenvalue weighted by atomic mass is 16.5. The Kier molecular flexibility index (Phi) is 4.92. The number of morpholine rings is 1. The topological polar surface area (TPSA) is 61.9 Å². The van der Waals surface area contributed by atoms with Crippen molar-refractivity contribution in [3.8, 4) is 0 Å². The van der Waals surface area contributed by atoms with Gasteiger partial charge >= 0.3 is 0 Å². The first-order valence-corrected chi connectivity index (χ1v) is 8.95. The summed E-state index contributed by atoms with van der Waals surface area (Å²) in [5, 5.41) is 3.16. The highest BCUT2D eigenvalue weighted by molar-refractivity contribution is 5.82. The fourth-order valence-electron chi connectivity index (χ4n) is 4.03. The number of likely N-dealkylation sites (tertiary alicyclic amines) is 1. The summed E-state index contributed by atoms with van der Waals surface area (Å²) in [5.74, 6) is 0.304. The minimum atomic E-state index is -0.262. The Labute approximate surface area is 138 Å². The Balaban J connectivity index is 1.48. The Morgan fingerprint density at radius 1 is 1.22 bits per heavy atom. The van der Waals surface area contributed by atoms with Gasteiger partial charge in [-0.25, -0.2) is 0 Å². The van der Waals surface area contributed by atoms with Crippen molar-refractivity contribution in [2.24, 2.45) is 0 Å². The zero-order valence-electron chi connectivity index (χ0n) is 14.3. The maximum atomic E-state index is 12.4. The van der Waals surface area contributed by atoms with E-state index in [9.17, 15) is 9.59 Å². The van der Waals surface area contributed by atoms with Gasteiger partial charge < -0.3 is 15.0 Å². The van der Waals surface area contributed by atoms with Crippen molar-refractivity contribution >= 4 is 11.8 Å². The minimum absolute atomic E-state index is 0.0903. The molecule has 1 N–H and O–H groups in total. The van der Waals surface area contributed by atoms with Crippen molar-refractivity contribution in [3.05, 3.63) is 0 Å². The predicted molar refractivity (Wildman–Crippen MR) is 87.0 cm³/mol. The molecule has 23 heavy (non-hydrogen) atoms. The van der Waals surface area contributed by atoms with Crippen molar-refractivity contribution in [2.75, 3.05) is 33.3 Å². The molecule has 6 nitrogen and oxygen atoms in total. The number of ether oxygens (including phenoxy) is 1. The standard InChI is InChI=1S/C17H29N3O3/c1-3-6-15(21)20-11-17(12-20)10-19(2)14(9-23-17)16(22)18-13-7-4-5-8-13/h13-14H,3-12H2,1-2H3,(H,18,22)/t14-/m0/s1. The molecule has 6 heteroatoms. The molecule has 3 aliphatic rings. The fraction of sp³-hybridized carbons (Fsp3) is 0.882. The van der Waals surface area contributed by atoms with Gasteiger partial charge in [-0.1, -0.05) is 19.8 Å². The van der Waals surface area contributed by atoms with Gasteiger partial charge in [0.2, 0.25) is 11.8 Å². The first-order chi connectivity index (χ1) is 11.0. The lowest BCUT2D eigenvalue weighted by atomic mass is 9.90. The van der Waals surface area contributed by atoms with Crippen LogP contribution in [0.3, 0.4) is 0 Å². The summed E-state index contributed by atoms with van der Waals surface area (Å²) in [5.41, 5.74) is -0.262. The van der Waals surface area contributed by atoms with Gasteiger partial charge in [0.15, 0.2) is 0 Å². The second-order valence-electron chi connectivity index (χ2n) is 7.41. The number of nitrogens with one attached hydrogen (secondary N) is 1. The number of carbonyl (C=O) groups excluding carboxylic acids is 2. The summed E-state index contributed by atoms with van der Waals surface area (Å²) in [6.45, 7) is 4.47. The molecule has 0 aromatic rings.